The number of ether oxygens (including phenoxy) is 1. The summed E-state index contributed by atoms with van der Waals surface area (Å²) in [6.07, 6.45) is 1.76. The number of carbonyl (C=O) groups is 1. The average molecular weight is 381 g/mol. The van der Waals surface area contributed by atoms with Crippen LogP contribution in [0.25, 0.3) is 0 Å². The molecule has 0 saturated carbocycles. The molecule has 8 heteroatoms. The number of allylic oxidation sites excluding steroid dienone is 1. The predicted molar refractivity (Wildman–Crippen MR) is 100 cm³/mol. The summed E-state index contributed by atoms with van der Waals surface area (Å²) in [6, 6.07) is 7.12. The third kappa shape index (κ3) is 5.24. The average Bonchev–Trinajstić information content (AvgIpc) is 2.95. The number of hydrogen-bond donors (Lipinski definition) is 0. The van der Waals surface area contributed by atoms with Crippen LogP contribution in [0.3, 0.4) is 0 Å². The molecular formula is C17H21ClN4O2S. The topological polar surface area (TPSA) is 60.2 Å². The van der Waals surface area contributed by atoms with Crippen molar-refractivity contribution in [2.24, 2.45) is 0 Å². The molecule has 2 aromatic rings. The Kier molecular flexibility index (Phi) is 6.90. The van der Waals surface area contributed by atoms with Crippen molar-refractivity contribution in [2.45, 2.75) is 30.5 Å². The van der Waals surface area contributed by atoms with Gasteiger partial charge in [0.05, 0.1) is 5.25 Å². The van der Waals surface area contributed by atoms with Gasteiger partial charge in [0.2, 0.25) is 5.91 Å². The highest BCUT2D eigenvalue weighted by molar-refractivity contribution is 8.00. The Balaban J connectivity index is 2.11. The Morgan fingerprint density at radius 1 is 1.40 bits per heavy atom. The first kappa shape index (κ1) is 19.3. The Hall–Kier alpha value is -1.99. The molecule has 1 unspecified atom stereocenters. The van der Waals surface area contributed by atoms with Gasteiger partial charge in [0.25, 0.3) is 0 Å². The second-order valence-corrected chi connectivity index (χ2v) is 7.28. The monoisotopic (exact) mass is 380 g/mol. The molecule has 0 aliphatic rings. The van der Waals surface area contributed by atoms with Crippen molar-refractivity contribution in [3.63, 3.8) is 0 Å². The highest BCUT2D eigenvalue weighted by Gasteiger charge is 2.21. The maximum atomic E-state index is 12.1. The van der Waals surface area contributed by atoms with E-state index in [2.05, 4.69) is 16.8 Å². The van der Waals surface area contributed by atoms with Gasteiger partial charge in [-0.2, -0.15) is 0 Å². The highest BCUT2D eigenvalue weighted by atomic mass is 35.5. The van der Waals surface area contributed by atoms with E-state index in [-0.39, 0.29) is 17.8 Å². The minimum atomic E-state index is -0.257. The molecule has 1 heterocycles. The molecule has 1 aromatic carbocycles. The van der Waals surface area contributed by atoms with E-state index in [4.69, 9.17) is 16.3 Å². The fourth-order valence-corrected chi connectivity index (χ4v) is 3.23. The zero-order valence-corrected chi connectivity index (χ0v) is 16.0. The standard InChI is InChI=1S/C17H21ClN4O2S/c1-5-10-22-15(11-24-14-8-6-13(18)7-9-14)19-20-17(22)25-12(2)16(23)21(3)4/h5-9,12H,1,10-11H2,2-4H3. The first-order valence-corrected chi connectivity index (χ1v) is 8.97. The van der Waals surface area contributed by atoms with Crippen molar-refractivity contribution in [1.29, 1.82) is 0 Å². The van der Waals surface area contributed by atoms with Crippen LogP contribution in [-0.4, -0.2) is 44.9 Å². The lowest BCUT2D eigenvalue weighted by Crippen LogP contribution is -2.29. The summed E-state index contributed by atoms with van der Waals surface area (Å²) in [6.45, 7) is 6.43. The number of thioether (sulfide) groups is 1. The van der Waals surface area contributed by atoms with Gasteiger partial charge in [-0.15, -0.1) is 16.8 Å². The number of carbonyl (C=O) groups excluding carboxylic acids is 1. The minimum absolute atomic E-state index is 0.0251. The van der Waals surface area contributed by atoms with Crippen LogP contribution in [0.4, 0.5) is 0 Å². The number of benzene rings is 1. The smallest absolute Gasteiger partial charge is 0.235 e. The summed E-state index contributed by atoms with van der Waals surface area (Å²) in [4.78, 5) is 13.6. The van der Waals surface area contributed by atoms with Crippen LogP contribution in [0.5, 0.6) is 5.75 Å². The van der Waals surface area contributed by atoms with Crippen molar-refractivity contribution in [1.82, 2.24) is 19.7 Å². The molecule has 2 rings (SSSR count). The number of nitrogens with zero attached hydrogens (tertiary/aromatic N) is 4. The fraction of sp³-hybridized carbons (Fsp3) is 0.353. The first-order valence-electron chi connectivity index (χ1n) is 7.71. The summed E-state index contributed by atoms with van der Waals surface area (Å²) in [5.74, 6) is 1.39. The first-order chi connectivity index (χ1) is 11.9. The number of hydrogen-bond acceptors (Lipinski definition) is 5. The van der Waals surface area contributed by atoms with Crippen molar-refractivity contribution in [3.05, 3.63) is 47.8 Å². The van der Waals surface area contributed by atoms with Gasteiger partial charge in [-0.3, -0.25) is 9.36 Å². The number of amides is 1. The van der Waals surface area contributed by atoms with E-state index < -0.39 is 0 Å². The molecule has 0 bridgehead atoms. The van der Waals surface area contributed by atoms with Gasteiger partial charge in [-0.1, -0.05) is 29.4 Å². The molecule has 1 atom stereocenters. The quantitative estimate of drug-likeness (QED) is 0.519. The molecule has 134 valence electrons. The molecule has 6 nitrogen and oxygen atoms in total. The number of halogens is 1. The van der Waals surface area contributed by atoms with E-state index in [1.54, 1.807) is 49.3 Å². The van der Waals surface area contributed by atoms with Crippen LogP contribution in [0.2, 0.25) is 5.02 Å². The maximum Gasteiger partial charge on any atom is 0.235 e. The molecule has 0 fully saturated rings. The molecule has 0 aliphatic heterocycles. The third-order valence-corrected chi connectivity index (χ3v) is 4.68. The van der Waals surface area contributed by atoms with E-state index in [0.29, 0.717) is 28.3 Å². The van der Waals surface area contributed by atoms with Crippen molar-refractivity contribution in [3.8, 4) is 5.75 Å². The van der Waals surface area contributed by atoms with Crippen LogP contribution in [0.1, 0.15) is 12.7 Å². The molecule has 1 amide bonds. The molecule has 0 saturated heterocycles. The van der Waals surface area contributed by atoms with Crippen LogP contribution < -0.4 is 4.74 Å². The second kappa shape index (κ2) is 8.92. The zero-order chi connectivity index (χ0) is 18.4. The van der Waals surface area contributed by atoms with E-state index in [1.165, 1.54) is 11.8 Å². The number of aromatic nitrogens is 3. The van der Waals surface area contributed by atoms with E-state index in [0.717, 1.165) is 0 Å². The van der Waals surface area contributed by atoms with Crippen LogP contribution in [0, 0.1) is 0 Å². The van der Waals surface area contributed by atoms with E-state index in [9.17, 15) is 4.79 Å². The minimum Gasteiger partial charge on any atom is -0.486 e. The summed E-state index contributed by atoms with van der Waals surface area (Å²) >= 11 is 7.24. The molecule has 0 radical (unpaired) electrons. The normalized spacial score (nSPS) is 11.8. The Labute approximate surface area is 156 Å². The van der Waals surface area contributed by atoms with Gasteiger partial charge >= 0.3 is 0 Å². The van der Waals surface area contributed by atoms with Crippen LogP contribution in [-0.2, 0) is 17.9 Å². The third-order valence-electron chi connectivity index (χ3n) is 3.36. The predicted octanol–water partition coefficient (Wildman–Crippen LogP) is 3.27. The molecule has 25 heavy (non-hydrogen) atoms. The van der Waals surface area contributed by atoms with Crippen LogP contribution >= 0.6 is 23.4 Å². The summed E-state index contributed by atoms with van der Waals surface area (Å²) in [5, 5.41) is 9.45. The molecule has 0 N–H and O–H groups in total. The lowest BCUT2D eigenvalue weighted by atomic mass is 10.3. The van der Waals surface area contributed by atoms with Crippen molar-refractivity contribution < 1.29 is 9.53 Å². The van der Waals surface area contributed by atoms with Crippen molar-refractivity contribution in [2.75, 3.05) is 14.1 Å². The summed E-state index contributed by atoms with van der Waals surface area (Å²) < 4.78 is 7.63. The molecule has 1 aromatic heterocycles. The molecule has 0 spiro atoms. The van der Waals surface area contributed by atoms with Gasteiger partial charge in [-0.25, -0.2) is 0 Å². The van der Waals surface area contributed by atoms with Gasteiger partial charge in [0.1, 0.15) is 12.4 Å². The fourth-order valence-electron chi connectivity index (χ4n) is 2.08. The summed E-state index contributed by atoms with van der Waals surface area (Å²) in [7, 11) is 3.47. The lowest BCUT2D eigenvalue weighted by molar-refractivity contribution is -0.127. The largest absolute Gasteiger partial charge is 0.486 e. The van der Waals surface area contributed by atoms with Gasteiger partial charge < -0.3 is 9.64 Å². The summed E-state index contributed by atoms with van der Waals surface area (Å²) in [5.41, 5.74) is 0. The van der Waals surface area contributed by atoms with E-state index in [1.807, 2.05) is 11.5 Å². The Morgan fingerprint density at radius 3 is 2.68 bits per heavy atom. The zero-order valence-electron chi connectivity index (χ0n) is 14.5. The SMILES string of the molecule is C=CCn1c(COc2ccc(Cl)cc2)nnc1SC(C)C(=O)N(C)C. The van der Waals surface area contributed by atoms with E-state index >= 15 is 0 Å². The van der Waals surface area contributed by atoms with Crippen molar-refractivity contribution >= 4 is 29.3 Å². The number of rotatable bonds is 8. The molecule has 0 aliphatic carbocycles. The second-order valence-electron chi connectivity index (χ2n) is 5.53. The highest BCUT2D eigenvalue weighted by Crippen LogP contribution is 2.24. The Morgan fingerprint density at radius 2 is 2.08 bits per heavy atom. The molecular weight excluding hydrogens is 360 g/mol. The Bertz CT molecular complexity index is 731. The van der Waals surface area contributed by atoms with Gasteiger partial charge in [0, 0.05) is 25.7 Å². The maximum absolute atomic E-state index is 12.1. The lowest BCUT2D eigenvalue weighted by Gasteiger charge is -2.16. The van der Waals surface area contributed by atoms with Crippen LogP contribution in [0.15, 0.2) is 42.1 Å². The van der Waals surface area contributed by atoms with Gasteiger partial charge in [0.15, 0.2) is 11.0 Å². The van der Waals surface area contributed by atoms with Gasteiger partial charge in [-0.05, 0) is 31.2 Å².